The van der Waals surface area contributed by atoms with E-state index in [0.29, 0.717) is 0 Å². The summed E-state index contributed by atoms with van der Waals surface area (Å²) in [5.41, 5.74) is 0. The molecule has 0 spiro atoms. The molecule has 1 N–H and O–H groups in total. The van der Waals surface area contributed by atoms with Crippen LogP contribution in [0.3, 0.4) is 0 Å². The molecule has 0 aliphatic carbocycles. The zero-order valence-corrected chi connectivity index (χ0v) is 7.44. The predicted molar refractivity (Wildman–Crippen MR) is 43.6 cm³/mol. The van der Waals surface area contributed by atoms with Crippen molar-refractivity contribution < 1.29 is 9.59 Å². The van der Waals surface area contributed by atoms with E-state index < -0.39 is 0 Å². The maximum absolute atomic E-state index is 10.9. The van der Waals surface area contributed by atoms with E-state index in [-0.39, 0.29) is 30.0 Å². The van der Waals surface area contributed by atoms with Gasteiger partial charge in [0.15, 0.2) is 5.78 Å². The van der Waals surface area contributed by atoms with Crippen molar-refractivity contribution in [3.05, 3.63) is 0 Å². The standard InChI is InChI=1S/C7H12ClNO2/c1-5(2)6(10)4-9-7(11)3-8/h5H,3-4H2,1-2H3,(H,9,11). The van der Waals surface area contributed by atoms with Gasteiger partial charge in [0.05, 0.1) is 6.54 Å². The SMILES string of the molecule is CC(C)C(=O)CNC(=O)CCl. The first kappa shape index (κ1) is 10.4. The molecule has 0 radical (unpaired) electrons. The Morgan fingerprint density at radius 1 is 1.45 bits per heavy atom. The summed E-state index contributed by atoms with van der Waals surface area (Å²) < 4.78 is 0. The van der Waals surface area contributed by atoms with Crippen LogP contribution in [0, 0.1) is 5.92 Å². The van der Waals surface area contributed by atoms with Gasteiger partial charge in [-0.05, 0) is 0 Å². The number of ketones is 1. The first-order chi connectivity index (χ1) is 5.07. The smallest absolute Gasteiger partial charge is 0.235 e. The summed E-state index contributed by atoms with van der Waals surface area (Å²) in [6.45, 7) is 3.66. The Morgan fingerprint density at radius 2 is 2.00 bits per heavy atom. The van der Waals surface area contributed by atoms with Crippen LogP contribution in [0.5, 0.6) is 0 Å². The monoisotopic (exact) mass is 177 g/mol. The Hall–Kier alpha value is -0.570. The molecule has 0 bridgehead atoms. The Kier molecular flexibility index (Phi) is 4.86. The second kappa shape index (κ2) is 5.13. The van der Waals surface area contributed by atoms with Crippen molar-refractivity contribution in [3.8, 4) is 0 Å². The number of alkyl halides is 1. The van der Waals surface area contributed by atoms with Crippen LogP contribution >= 0.6 is 11.6 Å². The molecule has 0 aromatic heterocycles. The maximum atomic E-state index is 10.9. The van der Waals surface area contributed by atoms with E-state index in [1.165, 1.54) is 0 Å². The van der Waals surface area contributed by atoms with Crippen LogP contribution in [0.2, 0.25) is 0 Å². The van der Waals surface area contributed by atoms with Crippen molar-refractivity contribution in [2.75, 3.05) is 12.4 Å². The average molecular weight is 178 g/mol. The number of Topliss-reactive ketones (excluding diaryl/α,β-unsaturated/α-hetero) is 1. The van der Waals surface area contributed by atoms with Crippen LogP contribution in [-0.2, 0) is 9.59 Å². The highest BCUT2D eigenvalue weighted by atomic mass is 35.5. The van der Waals surface area contributed by atoms with Crippen LogP contribution in [-0.4, -0.2) is 24.1 Å². The fourth-order valence-corrected chi connectivity index (χ4v) is 0.532. The molecule has 0 unspecified atom stereocenters. The second-order valence-electron chi connectivity index (χ2n) is 2.53. The van der Waals surface area contributed by atoms with E-state index in [1.807, 2.05) is 0 Å². The molecule has 3 nitrogen and oxygen atoms in total. The quantitative estimate of drug-likeness (QED) is 0.639. The van der Waals surface area contributed by atoms with Gasteiger partial charge in [-0.2, -0.15) is 0 Å². The molecule has 0 heterocycles. The van der Waals surface area contributed by atoms with E-state index in [2.05, 4.69) is 5.32 Å². The lowest BCUT2D eigenvalue weighted by Crippen LogP contribution is -2.32. The van der Waals surface area contributed by atoms with Gasteiger partial charge in [-0.1, -0.05) is 13.8 Å². The highest BCUT2D eigenvalue weighted by Gasteiger charge is 2.07. The number of hydrogen-bond donors (Lipinski definition) is 1. The number of halogens is 1. The van der Waals surface area contributed by atoms with Gasteiger partial charge in [0.1, 0.15) is 5.88 Å². The summed E-state index contributed by atoms with van der Waals surface area (Å²) in [5.74, 6) is -0.416. The summed E-state index contributed by atoms with van der Waals surface area (Å²) >= 11 is 5.19. The molecule has 0 aromatic carbocycles. The molecular weight excluding hydrogens is 166 g/mol. The summed E-state index contributed by atoms with van der Waals surface area (Å²) in [6, 6.07) is 0. The minimum atomic E-state index is -0.305. The molecule has 1 amide bonds. The maximum Gasteiger partial charge on any atom is 0.235 e. The molecule has 0 atom stereocenters. The van der Waals surface area contributed by atoms with E-state index in [9.17, 15) is 9.59 Å². The first-order valence-corrected chi connectivity index (χ1v) is 3.96. The summed E-state index contributed by atoms with van der Waals surface area (Å²) in [4.78, 5) is 21.4. The van der Waals surface area contributed by atoms with Gasteiger partial charge in [0.2, 0.25) is 5.91 Å². The van der Waals surface area contributed by atoms with Gasteiger partial charge in [0, 0.05) is 5.92 Å². The molecule has 0 aliphatic rings. The normalized spacial score (nSPS) is 9.82. The minimum Gasteiger partial charge on any atom is -0.348 e. The summed E-state index contributed by atoms with van der Waals surface area (Å²) in [7, 11) is 0. The zero-order valence-electron chi connectivity index (χ0n) is 6.69. The van der Waals surface area contributed by atoms with Crippen molar-refractivity contribution in [1.29, 1.82) is 0 Å². The predicted octanol–water partition coefficient (Wildman–Crippen LogP) is 0.566. The largest absolute Gasteiger partial charge is 0.348 e. The molecule has 0 saturated carbocycles. The van der Waals surface area contributed by atoms with Crippen LogP contribution < -0.4 is 5.32 Å². The van der Waals surface area contributed by atoms with E-state index in [1.54, 1.807) is 13.8 Å². The van der Waals surface area contributed by atoms with Crippen LogP contribution in [0.4, 0.5) is 0 Å². The number of nitrogens with one attached hydrogen (secondary N) is 1. The number of rotatable bonds is 4. The van der Waals surface area contributed by atoms with Gasteiger partial charge in [-0.15, -0.1) is 11.6 Å². The molecule has 0 aromatic rings. The lowest BCUT2D eigenvalue weighted by molar-refractivity contribution is -0.125. The Bertz CT molecular complexity index is 157. The van der Waals surface area contributed by atoms with Gasteiger partial charge >= 0.3 is 0 Å². The third-order valence-electron chi connectivity index (χ3n) is 1.23. The minimum absolute atomic E-state index is 0.0171. The van der Waals surface area contributed by atoms with Crippen LogP contribution in [0.1, 0.15) is 13.8 Å². The molecule has 4 heteroatoms. The lowest BCUT2D eigenvalue weighted by atomic mass is 10.1. The first-order valence-electron chi connectivity index (χ1n) is 3.43. The Balaban J connectivity index is 3.54. The van der Waals surface area contributed by atoms with Crippen molar-refractivity contribution in [3.63, 3.8) is 0 Å². The summed E-state index contributed by atoms with van der Waals surface area (Å²) in [6.07, 6.45) is 0. The second-order valence-corrected chi connectivity index (χ2v) is 2.80. The lowest BCUT2D eigenvalue weighted by Gasteiger charge is -2.03. The Labute approximate surface area is 71.1 Å². The zero-order chi connectivity index (χ0) is 8.85. The highest BCUT2D eigenvalue weighted by molar-refractivity contribution is 6.27. The highest BCUT2D eigenvalue weighted by Crippen LogP contribution is 1.91. The molecule has 11 heavy (non-hydrogen) atoms. The third-order valence-corrected chi connectivity index (χ3v) is 1.47. The van der Waals surface area contributed by atoms with E-state index >= 15 is 0 Å². The number of amides is 1. The molecule has 0 aliphatic heterocycles. The van der Waals surface area contributed by atoms with Crippen molar-refractivity contribution in [2.24, 2.45) is 5.92 Å². The fourth-order valence-electron chi connectivity index (χ4n) is 0.437. The fraction of sp³-hybridized carbons (Fsp3) is 0.714. The molecule has 64 valence electrons. The van der Waals surface area contributed by atoms with Crippen LogP contribution in [0.25, 0.3) is 0 Å². The molecular formula is C7H12ClNO2. The van der Waals surface area contributed by atoms with Gasteiger partial charge in [-0.25, -0.2) is 0 Å². The van der Waals surface area contributed by atoms with E-state index in [4.69, 9.17) is 11.6 Å². The van der Waals surface area contributed by atoms with E-state index in [0.717, 1.165) is 0 Å². The third kappa shape index (κ3) is 4.79. The molecule has 0 saturated heterocycles. The average Bonchev–Trinajstić information content (AvgIpc) is 1.99. The topological polar surface area (TPSA) is 46.2 Å². The summed E-state index contributed by atoms with van der Waals surface area (Å²) in [5, 5.41) is 2.39. The molecule has 0 rings (SSSR count). The van der Waals surface area contributed by atoms with Crippen LogP contribution in [0.15, 0.2) is 0 Å². The van der Waals surface area contributed by atoms with Gasteiger partial charge < -0.3 is 5.32 Å². The van der Waals surface area contributed by atoms with Crippen molar-refractivity contribution >= 4 is 23.3 Å². The van der Waals surface area contributed by atoms with Crippen molar-refractivity contribution in [1.82, 2.24) is 5.32 Å². The van der Waals surface area contributed by atoms with Crippen molar-refractivity contribution in [2.45, 2.75) is 13.8 Å². The molecule has 0 fully saturated rings. The number of carbonyl (C=O) groups is 2. The Morgan fingerprint density at radius 3 is 2.36 bits per heavy atom. The number of hydrogen-bond acceptors (Lipinski definition) is 2. The van der Waals surface area contributed by atoms with Gasteiger partial charge in [0.25, 0.3) is 0 Å². The van der Waals surface area contributed by atoms with Gasteiger partial charge in [-0.3, -0.25) is 9.59 Å². The number of carbonyl (C=O) groups excluding carboxylic acids is 2.